The van der Waals surface area contributed by atoms with Gasteiger partial charge in [-0.2, -0.15) is 0 Å². The lowest BCUT2D eigenvalue weighted by Crippen LogP contribution is -2.30. The van der Waals surface area contributed by atoms with Gasteiger partial charge in [-0.1, -0.05) is 48.6 Å². The molecule has 0 spiro atoms. The van der Waals surface area contributed by atoms with E-state index in [-0.39, 0.29) is 4.87 Å². The third kappa shape index (κ3) is 3.82. The first kappa shape index (κ1) is 13.1. The summed E-state index contributed by atoms with van der Waals surface area (Å²) < 4.78 is 0. The quantitative estimate of drug-likeness (QED) is 0.840. The molecule has 18 heavy (non-hydrogen) atoms. The number of hydrogen-bond donors (Lipinski definition) is 2. The second-order valence-electron chi connectivity index (χ2n) is 4.35. The highest BCUT2D eigenvalue weighted by Gasteiger charge is 2.07. The minimum Gasteiger partial charge on any atom is -0.315 e. The molecular weight excluding hydrogens is 244 g/mol. The Morgan fingerprint density at radius 3 is 2.72 bits per heavy atom. The molecule has 96 valence electrons. The number of thiazole rings is 1. The van der Waals surface area contributed by atoms with Crippen LogP contribution in [0.2, 0.25) is 0 Å². The topological polar surface area (TPSA) is 44.9 Å². The second kappa shape index (κ2) is 6.52. The molecule has 0 saturated carbocycles. The van der Waals surface area contributed by atoms with Crippen LogP contribution in [-0.4, -0.2) is 11.0 Å². The number of aromatic amines is 1. The van der Waals surface area contributed by atoms with Crippen LogP contribution in [0, 0.1) is 0 Å². The molecule has 2 rings (SSSR count). The van der Waals surface area contributed by atoms with Crippen molar-refractivity contribution >= 4 is 11.3 Å². The van der Waals surface area contributed by atoms with E-state index >= 15 is 0 Å². The monoisotopic (exact) mass is 262 g/mol. The van der Waals surface area contributed by atoms with Crippen LogP contribution in [-0.2, 0) is 13.0 Å². The lowest BCUT2D eigenvalue weighted by Gasteiger charge is -2.16. The minimum atomic E-state index is 0.0166. The van der Waals surface area contributed by atoms with Crippen LogP contribution >= 0.6 is 11.3 Å². The van der Waals surface area contributed by atoms with Crippen LogP contribution in [0.15, 0.2) is 40.5 Å². The van der Waals surface area contributed by atoms with E-state index in [1.165, 1.54) is 16.9 Å². The summed E-state index contributed by atoms with van der Waals surface area (Å²) in [6, 6.07) is 10.9. The van der Waals surface area contributed by atoms with Gasteiger partial charge in [0.05, 0.1) is 0 Å². The number of H-pyrrole nitrogens is 1. The van der Waals surface area contributed by atoms with Gasteiger partial charge in [0.1, 0.15) is 0 Å². The van der Waals surface area contributed by atoms with Crippen molar-refractivity contribution in [2.24, 2.45) is 0 Å². The molecule has 2 aromatic rings. The predicted molar refractivity (Wildman–Crippen MR) is 76.0 cm³/mol. The average Bonchev–Trinajstić information content (AvgIpc) is 2.81. The number of hydrogen-bond acceptors (Lipinski definition) is 3. The zero-order valence-electron chi connectivity index (χ0n) is 10.5. The van der Waals surface area contributed by atoms with Gasteiger partial charge >= 0.3 is 4.87 Å². The molecule has 1 aromatic heterocycles. The summed E-state index contributed by atoms with van der Waals surface area (Å²) in [6.45, 7) is 2.90. The number of aromatic nitrogens is 1. The van der Waals surface area contributed by atoms with E-state index in [1.54, 1.807) is 0 Å². The second-order valence-corrected chi connectivity index (χ2v) is 5.19. The Morgan fingerprint density at radius 1 is 1.33 bits per heavy atom. The Kier molecular flexibility index (Phi) is 4.73. The van der Waals surface area contributed by atoms with Gasteiger partial charge in [0, 0.05) is 23.7 Å². The Balaban J connectivity index is 1.88. The van der Waals surface area contributed by atoms with Gasteiger partial charge in [0.25, 0.3) is 0 Å². The molecule has 1 heterocycles. The van der Waals surface area contributed by atoms with Crippen molar-refractivity contribution in [1.82, 2.24) is 10.3 Å². The van der Waals surface area contributed by atoms with Crippen LogP contribution in [0.4, 0.5) is 0 Å². The summed E-state index contributed by atoms with van der Waals surface area (Å²) in [7, 11) is 0. The molecule has 4 heteroatoms. The number of benzene rings is 1. The molecule has 0 fully saturated rings. The van der Waals surface area contributed by atoms with Crippen molar-refractivity contribution < 1.29 is 0 Å². The summed E-state index contributed by atoms with van der Waals surface area (Å²) in [5.41, 5.74) is 2.31. The van der Waals surface area contributed by atoms with Gasteiger partial charge in [-0.05, 0) is 18.4 Å². The molecule has 3 nitrogen and oxygen atoms in total. The van der Waals surface area contributed by atoms with Gasteiger partial charge < -0.3 is 10.3 Å². The molecular formula is C14H18N2OS. The maximum absolute atomic E-state index is 11.0. The molecule has 1 atom stereocenters. The summed E-state index contributed by atoms with van der Waals surface area (Å²) in [6.07, 6.45) is 2.09. The maximum Gasteiger partial charge on any atom is 0.304 e. The summed E-state index contributed by atoms with van der Waals surface area (Å²) in [5, 5.41) is 5.36. The van der Waals surface area contributed by atoms with E-state index in [0.29, 0.717) is 6.04 Å². The molecule has 0 aliphatic heterocycles. The zero-order valence-corrected chi connectivity index (χ0v) is 11.3. The Bertz CT molecular complexity index is 518. The predicted octanol–water partition coefficient (Wildman–Crippen LogP) is 2.55. The van der Waals surface area contributed by atoms with Crippen LogP contribution in [0.5, 0.6) is 0 Å². The van der Waals surface area contributed by atoms with Crippen molar-refractivity contribution in [3.63, 3.8) is 0 Å². The highest BCUT2D eigenvalue weighted by atomic mass is 32.1. The first-order valence-corrected chi connectivity index (χ1v) is 7.10. The van der Waals surface area contributed by atoms with Crippen LogP contribution in [0.3, 0.4) is 0 Å². The van der Waals surface area contributed by atoms with Crippen LogP contribution in [0.25, 0.3) is 0 Å². The lowest BCUT2D eigenvalue weighted by molar-refractivity contribution is 0.491. The van der Waals surface area contributed by atoms with Crippen molar-refractivity contribution in [1.29, 1.82) is 0 Å². The van der Waals surface area contributed by atoms with Gasteiger partial charge in [0.15, 0.2) is 0 Å². The Labute approximate surface area is 111 Å². The first-order chi connectivity index (χ1) is 8.78. The molecule has 0 aliphatic rings. The molecule has 0 bridgehead atoms. The largest absolute Gasteiger partial charge is 0.315 e. The van der Waals surface area contributed by atoms with E-state index in [1.807, 2.05) is 11.4 Å². The highest BCUT2D eigenvalue weighted by molar-refractivity contribution is 7.07. The van der Waals surface area contributed by atoms with Crippen molar-refractivity contribution in [3.8, 4) is 0 Å². The van der Waals surface area contributed by atoms with E-state index in [9.17, 15) is 4.79 Å². The fourth-order valence-electron chi connectivity index (χ4n) is 1.91. The van der Waals surface area contributed by atoms with Gasteiger partial charge in [-0.3, -0.25) is 4.79 Å². The molecule has 1 unspecified atom stereocenters. The maximum atomic E-state index is 11.0. The fraction of sp³-hybridized carbons (Fsp3) is 0.357. The molecule has 0 aliphatic carbocycles. The van der Waals surface area contributed by atoms with Crippen LogP contribution < -0.4 is 10.2 Å². The Morgan fingerprint density at radius 2 is 2.11 bits per heavy atom. The average molecular weight is 262 g/mol. The molecule has 0 radical (unpaired) electrons. The smallest absolute Gasteiger partial charge is 0.304 e. The summed E-state index contributed by atoms with van der Waals surface area (Å²) >= 11 is 1.22. The summed E-state index contributed by atoms with van der Waals surface area (Å²) in [4.78, 5) is 13.9. The van der Waals surface area contributed by atoms with E-state index in [0.717, 1.165) is 25.1 Å². The summed E-state index contributed by atoms with van der Waals surface area (Å²) in [5.74, 6) is 0. The highest BCUT2D eigenvalue weighted by Crippen LogP contribution is 2.06. The van der Waals surface area contributed by atoms with Gasteiger partial charge in [-0.25, -0.2) is 0 Å². The van der Waals surface area contributed by atoms with E-state index in [4.69, 9.17) is 0 Å². The van der Waals surface area contributed by atoms with Crippen molar-refractivity contribution in [3.05, 3.63) is 56.6 Å². The Hall–Kier alpha value is -1.39. The SMILES string of the molecule is CCC(Cc1ccccc1)NCc1csc(=O)[nH]1. The first-order valence-electron chi connectivity index (χ1n) is 6.22. The molecule has 2 N–H and O–H groups in total. The molecule has 0 amide bonds. The van der Waals surface area contributed by atoms with Gasteiger partial charge in [-0.15, -0.1) is 0 Å². The lowest BCUT2D eigenvalue weighted by atomic mass is 10.0. The molecule has 1 aromatic carbocycles. The number of rotatable bonds is 6. The van der Waals surface area contributed by atoms with E-state index in [2.05, 4.69) is 41.5 Å². The minimum absolute atomic E-state index is 0.0166. The third-order valence-electron chi connectivity index (χ3n) is 2.97. The van der Waals surface area contributed by atoms with Gasteiger partial charge in [0.2, 0.25) is 0 Å². The third-order valence-corrected chi connectivity index (χ3v) is 3.69. The standard InChI is InChI=1S/C14H18N2OS/c1-2-12(8-11-6-4-3-5-7-11)15-9-13-10-18-14(17)16-13/h3-7,10,12,15H,2,8-9H2,1H3,(H,16,17). The fourth-order valence-corrected chi connectivity index (χ4v) is 2.50. The molecule has 0 saturated heterocycles. The van der Waals surface area contributed by atoms with Crippen molar-refractivity contribution in [2.45, 2.75) is 32.4 Å². The van der Waals surface area contributed by atoms with Crippen LogP contribution in [0.1, 0.15) is 24.6 Å². The normalized spacial score (nSPS) is 12.5. The van der Waals surface area contributed by atoms with Crippen molar-refractivity contribution in [2.75, 3.05) is 0 Å². The number of nitrogens with one attached hydrogen (secondary N) is 2. The zero-order chi connectivity index (χ0) is 12.8. The van der Waals surface area contributed by atoms with E-state index < -0.39 is 0 Å².